The third-order valence-corrected chi connectivity index (χ3v) is 3.67. The maximum absolute atomic E-state index is 5.73. The molecule has 0 saturated carbocycles. The van der Waals surface area contributed by atoms with Crippen molar-refractivity contribution in [1.29, 1.82) is 0 Å². The predicted molar refractivity (Wildman–Crippen MR) is 91.5 cm³/mol. The molecule has 20 heavy (non-hydrogen) atoms. The summed E-state index contributed by atoms with van der Waals surface area (Å²) in [5.74, 6) is 1.72. The van der Waals surface area contributed by atoms with Crippen LogP contribution in [0.4, 0.5) is 5.69 Å². The van der Waals surface area contributed by atoms with Crippen molar-refractivity contribution in [3.8, 4) is 5.75 Å². The molecule has 1 aromatic rings. The molecule has 1 aliphatic heterocycles. The number of ether oxygens (including phenoxy) is 1. The van der Waals surface area contributed by atoms with Crippen LogP contribution in [0, 0.1) is 0 Å². The summed E-state index contributed by atoms with van der Waals surface area (Å²) in [5, 5.41) is 0. The van der Waals surface area contributed by atoms with Gasteiger partial charge in [-0.15, -0.1) is 36.4 Å². The minimum atomic E-state index is 0. The van der Waals surface area contributed by atoms with Crippen LogP contribution in [0.1, 0.15) is 6.42 Å². The fraction of sp³-hybridized carbons (Fsp3) is 0.571. The number of piperazine rings is 1. The number of para-hydroxylation sites is 2. The second kappa shape index (κ2) is 10.4. The molecule has 0 aromatic heterocycles. The van der Waals surface area contributed by atoms with E-state index in [-0.39, 0.29) is 24.8 Å². The van der Waals surface area contributed by atoms with Gasteiger partial charge in [0.2, 0.25) is 0 Å². The first-order valence-corrected chi connectivity index (χ1v) is 7.05. The van der Waals surface area contributed by atoms with Gasteiger partial charge in [-0.2, -0.15) is 0 Å². The van der Waals surface area contributed by atoms with Gasteiger partial charge in [-0.3, -0.25) is 4.90 Å². The van der Waals surface area contributed by atoms with Crippen LogP contribution in [0.25, 0.3) is 0 Å². The van der Waals surface area contributed by atoms with E-state index >= 15 is 0 Å². The maximum Gasteiger partial charge on any atom is 0.142 e. The van der Waals surface area contributed by atoms with Gasteiger partial charge in [0.1, 0.15) is 5.75 Å². The Morgan fingerprint density at radius 2 is 1.75 bits per heavy atom. The summed E-state index contributed by atoms with van der Waals surface area (Å²) in [4.78, 5) is 4.88. The molecule has 1 heterocycles. The molecule has 1 aromatic carbocycles. The van der Waals surface area contributed by atoms with E-state index in [1.54, 1.807) is 7.11 Å². The molecule has 1 aliphatic rings. The van der Waals surface area contributed by atoms with Crippen LogP contribution in [-0.4, -0.2) is 50.6 Å². The number of anilines is 1. The molecule has 2 rings (SSSR count). The molecule has 1 fully saturated rings. The fourth-order valence-corrected chi connectivity index (χ4v) is 2.51. The minimum Gasteiger partial charge on any atom is -0.495 e. The normalized spacial score (nSPS) is 15.2. The molecule has 0 bridgehead atoms. The predicted octanol–water partition coefficient (Wildman–Crippen LogP) is 3.29. The Bertz CT molecular complexity index is 371. The van der Waals surface area contributed by atoms with E-state index in [1.807, 2.05) is 12.1 Å². The Kier molecular flexibility index (Phi) is 10.2. The summed E-state index contributed by atoms with van der Waals surface area (Å²) in [7, 11) is 1.73. The number of alkyl halides is 1. The summed E-state index contributed by atoms with van der Waals surface area (Å²) in [6.07, 6.45) is 1.08. The van der Waals surface area contributed by atoms with Crippen molar-refractivity contribution in [2.24, 2.45) is 0 Å². The number of rotatable bonds is 5. The first kappa shape index (κ1) is 19.7. The van der Waals surface area contributed by atoms with Gasteiger partial charge in [0, 0.05) is 32.1 Å². The summed E-state index contributed by atoms with van der Waals surface area (Å²) in [6, 6.07) is 8.24. The molecule has 0 aliphatic carbocycles. The molecule has 0 N–H and O–H groups in total. The van der Waals surface area contributed by atoms with Gasteiger partial charge in [0.05, 0.1) is 12.8 Å². The van der Waals surface area contributed by atoms with Crippen LogP contribution in [0.3, 0.4) is 0 Å². The quantitative estimate of drug-likeness (QED) is 0.764. The molecule has 0 radical (unpaired) electrons. The molecule has 116 valence electrons. The molecule has 1 saturated heterocycles. The number of benzene rings is 1. The monoisotopic (exact) mass is 340 g/mol. The maximum atomic E-state index is 5.73. The van der Waals surface area contributed by atoms with Crippen molar-refractivity contribution < 1.29 is 4.74 Å². The van der Waals surface area contributed by atoms with E-state index in [2.05, 4.69) is 21.9 Å². The van der Waals surface area contributed by atoms with E-state index in [0.29, 0.717) is 0 Å². The number of halogens is 3. The van der Waals surface area contributed by atoms with Crippen molar-refractivity contribution in [2.75, 3.05) is 50.6 Å². The molecular formula is C14H23Cl3N2O. The van der Waals surface area contributed by atoms with Crippen LogP contribution in [0.2, 0.25) is 0 Å². The first-order valence-electron chi connectivity index (χ1n) is 6.51. The highest BCUT2D eigenvalue weighted by atomic mass is 35.5. The average Bonchev–Trinajstić information content (AvgIpc) is 2.45. The Hall–Kier alpha value is -0.350. The Balaban J connectivity index is 0.00000180. The summed E-state index contributed by atoms with van der Waals surface area (Å²) in [5.41, 5.74) is 1.21. The molecule has 0 spiro atoms. The van der Waals surface area contributed by atoms with E-state index in [9.17, 15) is 0 Å². The smallest absolute Gasteiger partial charge is 0.142 e. The highest BCUT2D eigenvalue weighted by Gasteiger charge is 2.18. The molecule has 0 unspecified atom stereocenters. The number of nitrogens with zero attached hydrogens (tertiary/aromatic N) is 2. The first-order chi connectivity index (χ1) is 8.85. The molecule has 3 nitrogen and oxygen atoms in total. The van der Waals surface area contributed by atoms with E-state index in [0.717, 1.165) is 50.8 Å². The van der Waals surface area contributed by atoms with E-state index in [1.165, 1.54) is 5.69 Å². The van der Waals surface area contributed by atoms with Gasteiger partial charge in [0.25, 0.3) is 0 Å². The number of hydrogen-bond donors (Lipinski definition) is 0. The van der Waals surface area contributed by atoms with E-state index < -0.39 is 0 Å². The second-order valence-electron chi connectivity index (χ2n) is 4.54. The van der Waals surface area contributed by atoms with Crippen molar-refractivity contribution >= 4 is 42.1 Å². The SMILES string of the molecule is COc1ccccc1N1CCN(CCCCl)CC1.Cl.Cl. The lowest BCUT2D eigenvalue weighted by atomic mass is 10.2. The fourth-order valence-electron chi connectivity index (χ4n) is 2.39. The highest BCUT2D eigenvalue weighted by Crippen LogP contribution is 2.28. The molecule has 0 amide bonds. The largest absolute Gasteiger partial charge is 0.495 e. The number of methoxy groups -OCH3 is 1. The van der Waals surface area contributed by atoms with Gasteiger partial charge in [-0.25, -0.2) is 0 Å². The highest BCUT2D eigenvalue weighted by molar-refractivity contribution is 6.17. The van der Waals surface area contributed by atoms with Crippen molar-refractivity contribution in [3.05, 3.63) is 24.3 Å². The van der Waals surface area contributed by atoms with Gasteiger partial charge >= 0.3 is 0 Å². The summed E-state index contributed by atoms with van der Waals surface area (Å²) in [6.45, 7) is 5.44. The van der Waals surface area contributed by atoms with Crippen molar-refractivity contribution in [3.63, 3.8) is 0 Å². The van der Waals surface area contributed by atoms with Crippen molar-refractivity contribution in [1.82, 2.24) is 4.90 Å². The second-order valence-corrected chi connectivity index (χ2v) is 4.92. The zero-order chi connectivity index (χ0) is 12.8. The minimum absolute atomic E-state index is 0. The van der Waals surface area contributed by atoms with Gasteiger partial charge < -0.3 is 9.64 Å². The standard InChI is InChI=1S/C14H21ClN2O.2ClH/c1-18-14-6-3-2-5-13(14)17-11-9-16(10-12-17)8-4-7-15;;/h2-3,5-6H,4,7-12H2,1H3;2*1H. The Labute approximate surface area is 139 Å². The summed E-state index contributed by atoms with van der Waals surface area (Å²) >= 11 is 5.73. The summed E-state index contributed by atoms with van der Waals surface area (Å²) < 4.78 is 5.42. The molecular weight excluding hydrogens is 319 g/mol. The van der Waals surface area contributed by atoms with Crippen LogP contribution >= 0.6 is 36.4 Å². The lowest BCUT2D eigenvalue weighted by Gasteiger charge is -2.36. The van der Waals surface area contributed by atoms with Gasteiger partial charge in [-0.1, -0.05) is 12.1 Å². The third-order valence-electron chi connectivity index (χ3n) is 3.41. The average molecular weight is 342 g/mol. The lowest BCUT2D eigenvalue weighted by Crippen LogP contribution is -2.46. The van der Waals surface area contributed by atoms with Gasteiger partial charge in [-0.05, 0) is 25.1 Å². The molecule has 0 atom stereocenters. The zero-order valence-electron chi connectivity index (χ0n) is 11.8. The Morgan fingerprint density at radius 3 is 2.35 bits per heavy atom. The topological polar surface area (TPSA) is 15.7 Å². The van der Waals surface area contributed by atoms with Crippen LogP contribution < -0.4 is 9.64 Å². The van der Waals surface area contributed by atoms with Crippen LogP contribution in [-0.2, 0) is 0 Å². The van der Waals surface area contributed by atoms with Crippen LogP contribution in [0.5, 0.6) is 5.75 Å². The Morgan fingerprint density at radius 1 is 1.10 bits per heavy atom. The van der Waals surface area contributed by atoms with Crippen molar-refractivity contribution in [2.45, 2.75) is 6.42 Å². The third kappa shape index (κ3) is 5.21. The van der Waals surface area contributed by atoms with Crippen LogP contribution in [0.15, 0.2) is 24.3 Å². The number of hydrogen-bond acceptors (Lipinski definition) is 3. The lowest BCUT2D eigenvalue weighted by molar-refractivity contribution is 0.258. The molecule has 6 heteroatoms. The zero-order valence-corrected chi connectivity index (χ0v) is 14.1. The van der Waals surface area contributed by atoms with E-state index in [4.69, 9.17) is 16.3 Å². The van der Waals surface area contributed by atoms with Gasteiger partial charge in [0.15, 0.2) is 0 Å².